The minimum Gasteiger partial charge on any atom is -0.324 e. The summed E-state index contributed by atoms with van der Waals surface area (Å²) >= 11 is 6.11. The molecule has 1 aliphatic carbocycles. The summed E-state index contributed by atoms with van der Waals surface area (Å²) in [5.41, 5.74) is 8.58. The highest BCUT2D eigenvalue weighted by Gasteiger charge is 2.23. The number of benzene rings is 1. The van der Waals surface area contributed by atoms with Crippen molar-refractivity contribution in [2.75, 3.05) is 0 Å². The molecular weight excluding hydrogens is 206 g/mol. The molecule has 0 aliphatic heterocycles. The van der Waals surface area contributed by atoms with E-state index in [4.69, 9.17) is 17.3 Å². The van der Waals surface area contributed by atoms with E-state index in [0.29, 0.717) is 5.92 Å². The molecule has 0 amide bonds. The summed E-state index contributed by atoms with van der Waals surface area (Å²) in [6.07, 6.45) is 5.20. The van der Waals surface area contributed by atoms with E-state index in [2.05, 4.69) is 12.1 Å². The van der Waals surface area contributed by atoms with Crippen molar-refractivity contribution in [2.45, 2.75) is 38.6 Å². The second-order valence-electron chi connectivity index (χ2n) is 4.58. The lowest BCUT2D eigenvalue weighted by molar-refractivity contribution is 0.445. The summed E-state index contributed by atoms with van der Waals surface area (Å²) < 4.78 is 0. The van der Waals surface area contributed by atoms with Crippen molar-refractivity contribution in [3.8, 4) is 0 Å². The second kappa shape index (κ2) is 4.54. The van der Waals surface area contributed by atoms with Gasteiger partial charge in [0.05, 0.1) is 0 Å². The molecule has 0 saturated heterocycles. The van der Waals surface area contributed by atoms with E-state index in [1.54, 1.807) is 0 Å². The molecule has 1 nitrogen and oxygen atoms in total. The van der Waals surface area contributed by atoms with E-state index >= 15 is 0 Å². The van der Waals surface area contributed by atoms with Gasteiger partial charge in [-0.3, -0.25) is 0 Å². The first-order valence-electron chi connectivity index (χ1n) is 5.70. The van der Waals surface area contributed by atoms with Crippen molar-refractivity contribution in [1.82, 2.24) is 0 Å². The van der Waals surface area contributed by atoms with Crippen LogP contribution in [-0.2, 0) is 0 Å². The predicted octanol–water partition coefficient (Wildman–Crippen LogP) is 3.84. The van der Waals surface area contributed by atoms with Crippen LogP contribution < -0.4 is 5.73 Å². The number of hydrogen-bond acceptors (Lipinski definition) is 1. The van der Waals surface area contributed by atoms with Gasteiger partial charge in [0.15, 0.2) is 0 Å². The maximum absolute atomic E-state index is 6.26. The topological polar surface area (TPSA) is 26.0 Å². The zero-order valence-corrected chi connectivity index (χ0v) is 9.93. The Morgan fingerprint density at radius 3 is 2.60 bits per heavy atom. The molecule has 2 N–H and O–H groups in total. The molecule has 2 heteroatoms. The summed E-state index contributed by atoms with van der Waals surface area (Å²) in [6.45, 7) is 2.02. The van der Waals surface area contributed by atoms with E-state index in [0.717, 1.165) is 10.6 Å². The van der Waals surface area contributed by atoms with Gasteiger partial charge in [0, 0.05) is 11.1 Å². The van der Waals surface area contributed by atoms with Gasteiger partial charge in [-0.1, -0.05) is 36.6 Å². The number of nitrogens with two attached hydrogens (primary N) is 1. The van der Waals surface area contributed by atoms with Gasteiger partial charge >= 0.3 is 0 Å². The van der Waals surface area contributed by atoms with Crippen LogP contribution in [0.15, 0.2) is 18.2 Å². The average molecular weight is 224 g/mol. The number of aryl methyl sites for hydroxylation is 1. The SMILES string of the molecule is Cc1ccc([C@H](N)C2CCCC2)cc1Cl. The molecule has 15 heavy (non-hydrogen) atoms. The molecule has 1 aromatic carbocycles. The number of hydrogen-bond donors (Lipinski definition) is 1. The van der Waals surface area contributed by atoms with Gasteiger partial charge in [-0.05, 0) is 42.9 Å². The van der Waals surface area contributed by atoms with E-state index in [9.17, 15) is 0 Å². The summed E-state index contributed by atoms with van der Waals surface area (Å²) in [6, 6.07) is 6.38. The smallest absolute Gasteiger partial charge is 0.0438 e. The van der Waals surface area contributed by atoms with Gasteiger partial charge in [0.25, 0.3) is 0 Å². The molecular formula is C13H18ClN. The van der Waals surface area contributed by atoms with Crippen LogP contribution in [0.4, 0.5) is 0 Å². The molecule has 82 valence electrons. The lowest BCUT2D eigenvalue weighted by atomic mass is 9.92. The minimum atomic E-state index is 0.172. The maximum Gasteiger partial charge on any atom is 0.0438 e. The van der Waals surface area contributed by atoms with E-state index < -0.39 is 0 Å². The molecule has 1 fully saturated rings. The van der Waals surface area contributed by atoms with Gasteiger partial charge in [-0.15, -0.1) is 0 Å². The Labute approximate surface area is 96.6 Å². The van der Waals surface area contributed by atoms with Crippen molar-refractivity contribution in [3.05, 3.63) is 34.3 Å². The standard InChI is InChI=1S/C13H18ClN/c1-9-6-7-11(8-12(9)14)13(15)10-4-2-3-5-10/h6-8,10,13H,2-5,15H2,1H3/t13-/m1/s1. The van der Waals surface area contributed by atoms with E-state index in [1.165, 1.54) is 31.2 Å². The normalized spacial score (nSPS) is 19.4. The Balaban J connectivity index is 2.17. The van der Waals surface area contributed by atoms with Crippen LogP contribution in [0, 0.1) is 12.8 Å². The highest BCUT2D eigenvalue weighted by molar-refractivity contribution is 6.31. The van der Waals surface area contributed by atoms with Crippen LogP contribution in [0.1, 0.15) is 42.9 Å². The molecule has 0 unspecified atom stereocenters. The minimum absolute atomic E-state index is 0.172. The van der Waals surface area contributed by atoms with Crippen LogP contribution in [0.5, 0.6) is 0 Å². The van der Waals surface area contributed by atoms with Gasteiger partial charge in [-0.25, -0.2) is 0 Å². The summed E-state index contributed by atoms with van der Waals surface area (Å²) in [5, 5.41) is 0.834. The van der Waals surface area contributed by atoms with Crippen LogP contribution in [0.3, 0.4) is 0 Å². The third-order valence-corrected chi connectivity index (χ3v) is 3.90. The monoisotopic (exact) mass is 223 g/mol. The highest BCUT2D eigenvalue weighted by atomic mass is 35.5. The fourth-order valence-corrected chi connectivity index (χ4v) is 2.59. The molecule has 0 radical (unpaired) electrons. The van der Waals surface area contributed by atoms with Gasteiger partial charge in [0.2, 0.25) is 0 Å². The molecule has 0 aromatic heterocycles. The Kier molecular flexibility index (Phi) is 3.32. The third-order valence-electron chi connectivity index (χ3n) is 3.49. The van der Waals surface area contributed by atoms with Crippen LogP contribution in [0.2, 0.25) is 5.02 Å². The van der Waals surface area contributed by atoms with Crippen LogP contribution in [0.25, 0.3) is 0 Å². The molecule has 2 rings (SSSR count). The molecule has 1 atom stereocenters. The lowest BCUT2D eigenvalue weighted by Crippen LogP contribution is -2.19. The van der Waals surface area contributed by atoms with Gasteiger partial charge < -0.3 is 5.73 Å². The first kappa shape index (κ1) is 11.0. The Morgan fingerprint density at radius 1 is 1.33 bits per heavy atom. The average Bonchev–Trinajstić information content (AvgIpc) is 2.74. The first-order chi connectivity index (χ1) is 7.18. The molecule has 1 saturated carbocycles. The van der Waals surface area contributed by atoms with E-state index in [-0.39, 0.29) is 6.04 Å². The van der Waals surface area contributed by atoms with Crippen LogP contribution in [-0.4, -0.2) is 0 Å². The quantitative estimate of drug-likeness (QED) is 0.810. The van der Waals surface area contributed by atoms with Crippen molar-refractivity contribution in [1.29, 1.82) is 0 Å². The largest absolute Gasteiger partial charge is 0.324 e. The highest BCUT2D eigenvalue weighted by Crippen LogP contribution is 2.35. The fraction of sp³-hybridized carbons (Fsp3) is 0.538. The summed E-state index contributed by atoms with van der Waals surface area (Å²) in [5.74, 6) is 0.656. The Bertz CT molecular complexity index is 342. The van der Waals surface area contributed by atoms with Crippen molar-refractivity contribution < 1.29 is 0 Å². The molecule has 0 heterocycles. The van der Waals surface area contributed by atoms with Gasteiger partial charge in [0.1, 0.15) is 0 Å². The lowest BCUT2D eigenvalue weighted by Gasteiger charge is -2.19. The van der Waals surface area contributed by atoms with Crippen molar-refractivity contribution in [3.63, 3.8) is 0 Å². The molecule has 1 aromatic rings. The Hall–Kier alpha value is -0.530. The van der Waals surface area contributed by atoms with Gasteiger partial charge in [-0.2, -0.15) is 0 Å². The number of rotatable bonds is 2. The number of halogens is 1. The summed E-state index contributed by atoms with van der Waals surface area (Å²) in [7, 11) is 0. The van der Waals surface area contributed by atoms with Crippen LogP contribution >= 0.6 is 11.6 Å². The van der Waals surface area contributed by atoms with E-state index in [1.807, 2.05) is 13.0 Å². The zero-order chi connectivity index (χ0) is 10.8. The molecule has 0 bridgehead atoms. The predicted molar refractivity (Wildman–Crippen MR) is 65.1 cm³/mol. The second-order valence-corrected chi connectivity index (χ2v) is 4.99. The molecule has 0 spiro atoms. The third kappa shape index (κ3) is 2.35. The van der Waals surface area contributed by atoms with Crippen molar-refractivity contribution >= 4 is 11.6 Å². The zero-order valence-electron chi connectivity index (χ0n) is 9.17. The summed E-state index contributed by atoms with van der Waals surface area (Å²) in [4.78, 5) is 0. The Morgan fingerprint density at radius 2 is 2.00 bits per heavy atom. The fourth-order valence-electron chi connectivity index (χ4n) is 2.41. The van der Waals surface area contributed by atoms with Crippen molar-refractivity contribution in [2.24, 2.45) is 11.7 Å². The first-order valence-corrected chi connectivity index (χ1v) is 6.08. The molecule has 1 aliphatic rings. The maximum atomic E-state index is 6.26.